The Morgan fingerprint density at radius 3 is 2.41 bits per heavy atom. The van der Waals surface area contributed by atoms with E-state index in [1.165, 1.54) is 18.5 Å². The summed E-state index contributed by atoms with van der Waals surface area (Å²) in [5.74, 6) is 4.12. The Morgan fingerprint density at radius 1 is 1.25 bits per heavy atom. The van der Waals surface area contributed by atoms with E-state index in [0.29, 0.717) is 12.1 Å². The van der Waals surface area contributed by atoms with Crippen molar-refractivity contribution in [3.05, 3.63) is 47.5 Å². The van der Waals surface area contributed by atoms with Crippen molar-refractivity contribution in [2.45, 2.75) is 64.0 Å². The Bertz CT molecular complexity index is 1150. The smallest absolute Gasteiger partial charge is 0.408 e. The highest BCUT2D eigenvalue weighted by Gasteiger charge is 2.24. The van der Waals surface area contributed by atoms with Crippen LogP contribution in [0.3, 0.4) is 0 Å². The highest BCUT2D eigenvalue weighted by atomic mass is 32.2. The first kappa shape index (κ1) is 24.9. The molecule has 0 bridgehead atoms. The number of aryl methyl sites for hydroxylation is 1. The van der Waals surface area contributed by atoms with Crippen molar-refractivity contribution < 1.29 is 27.9 Å². The van der Waals surface area contributed by atoms with Crippen LogP contribution in [-0.2, 0) is 26.0 Å². The van der Waals surface area contributed by atoms with Crippen LogP contribution in [0.2, 0.25) is 0 Å². The van der Waals surface area contributed by atoms with E-state index in [1.54, 1.807) is 39.8 Å². The van der Waals surface area contributed by atoms with Crippen molar-refractivity contribution in [2.24, 2.45) is 0 Å². The second-order valence-electron chi connectivity index (χ2n) is 8.05. The Kier molecular flexibility index (Phi) is 7.69. The minimum absolute atomic E-state index is 0.127. The average Bonchev–Trinajstić information content (AvgIpc) is 3.09. The molecule has 1 amide bonds. The van der Waals surface area contributed by atoms with E-state index in [4.69, 9.17) is 4.74 Å². The maximum Gasteiger partial charge on any atom is 0.408 e. The average molecular weight is 462 g/mol. The zero-order valence-electron chi connectivity index (χ0n) is 18.7. The third kappa shape index (κ3) is 6.34. The molecule has 10 heteroatoms. The van der Waals surface area contributed by atoms with Crippen LogP contribution in [0.4, 0.5) is 4.79 Å². The minimum atomic E-state index is -3.85. The van der Waals surface area contributed by atoms with Crippen LogP contribution in [0.25, 0.3) is 0 Å². The first-order valence-corrected chi connectivity index (χ1v) is 11.4. The number of carbonyl (C=O) groups is 2. The quantitative estimate of drug-likeness (QED) is 0.633. The standard InChI is InChI=1S/C22H27N3O6S/c1-6-19-17(8-7-9-18(20(26)27)24-21(28)31-22(3,4)5)23-14-25(19)32(29,30)16-12-10-15(2)11-13-16/h10-14,18H,6,9H2,1-5H3,(H,24,28)(H,26,27)/t18-/m0/s1. The summed E-state index contributed by atoms with van der Waals surface area (Å²) in [4.78, 5) is 27.5. The third-order valence-electron chi connectivity index (χ3n) is 4.25. The van der Waals surface area contributed by atoms with Crippen LogP contribution < -0.4 is 5.32 Å². The molecule has 1 aromatic carbocycles. The van der Waals surface area contributed by atoms with E-state index < -0.39 is 33.7 Å². The predicted octanol–water partition coefficient (Wildman–Crippen LogP) is 2.71. The van der Waals surface area contributed by atoms with Crippen molar-refractivity contribution in [2.75, 3.05) is 0 Å². The number of alkyl carbamates (subject to hydrolysis) is 1. The van der Waals surface area contributed by atoms with Crippen LogP contribution in [0.15, 0.2) is 35.5 Å². The summed E-state index contributed by atoms with van der Waals surface area (Å²) >= 11 is 0. The number of imidazole rings is 1. The Hall–Kier alpha value is -3.32. The maximum absolute atomic E-state index is 13.0. The lowest BCUT2D eigenvalue weighted by molar-refractivity contribution is -0.139. The van der Waals surface area contributed by atoms with Gasteiger partial charge < -0.3 is 15.2 Å². The number of ether oxygens (including phenoxy) is 1. The van der Waals surface area contributed by atoms with Gasteiger partial charge in [-0.25, -0.2) is 27.0 Å². The summed E-state index contributed by atoms with van der Waals surface area (Å²) in [6, 6.07) is 5.17. The Labute approximate surface area is 187 Å². The summed E-state index contributed by atoms with van der Waals surface area (Å²) in [5.41, 5.74) is 0.768. The summed E-state index contributed by atoms with van der Waals surface area (Å²) in [5, 5.41) is 11.6. The molecule has 0 saturated heterocycles. The van der Waals surface area contributed by atoms with Gasteiger partial charge in [0.1, 0.15) is 23.7 Å². The van der Waals surface area contributed by atoms with E-state index in [1.807, 2.05) is 6.92 Å². The summed E-state index contributed by atoms with van der Waals surface area (Å²) < 4.78 is 32.1. The summed E-state index contributed by atoms with van der Waals surface area (Å²) in [6.45, 7) is 8.62. The lowest BCUT2D eigenvalue weighted by Gasteiger charge is -2.21. The fraction of sp³-hybridized carbons (Fsp3) is 0.409. The molecular formula is C22H27N3O6S. The number of rotatable bonds is 6. The molecule has 2 aromatic rings. The SMILES string of the molecule is CCc1c(C#CC[C@H](NC(=O)OC(C)(C)C)C(=O)O)ncn1S(=O)(=O)c1ccc(C)cc1. The first-order valence-electron chi connectivity index (χ1n) is 9.94. The van der Waals surface area contributed by atoms with E-state index in [0.717, 1.165) is 9.54 Å². The molecule has 2 N–H and O–H groups in total. The van der Waals surface area contributed by atoms with Gasteiger partial charge >= 0.3 is 12.1 Å². The number of amides is 1. The number of hydrogen-bond acceptors (Lipinski definition) is 6. The molecule has 0 unspecified atom stereocenters. The van der Waals surface area contributed by atoms with Crippen molar-refractivity contribution >= 4 is 22.1 Å². The summed E-state index contributed by atoms with van der Waals surface area (Å²) in [7, 11) is -3.85. The number of hydrogen-bond donors (Lipinski definition) is 2. The van der Waals surface area contributed by atoms with Gasteiger partial charge in [-0.3, -0.25) is 0 Å². The number of carboxylic acids is 1. The molecule has 0 fully saturated rings. The molecule has 0 aliphatic rings. The van der Waals surface area contributed by atoms with Crippen LogP contribution in [-0.4, -0.2) is 46.2 Å². The lowest BCUT2D eigenvalue weighted by atomic mass is 10.2. The number of aromatic nitrogens is 2. The normalized spacial score (nSPS) is 12.4. The highest BCUT2D eigenvalue weighted by Crippen LogP contribution is 2.19. The van der Waals surface area contributed by atoms with Gasteiger partial charge in [-0.2, -0.15) is 0 Å². The van der Waals surface area contributed by atoms with Crippen molar-refractivity contribution in [3.8, 4) is 11.8 Å². The van der Waals surface area contributed by atoms with Gasteiger partial charge in [-0.15, -0.1) is 0 Å². The van der Waals surface area contributed by atoms with Gasteiger partial charge in [0.25, 0.3) is 10.0 Å². The fourth-order valence-electron chi connectivity index (χ4n) is 2.70. The van der Waals surface area contributed by atoms with Crippen molar-refractivity contribution in [1.29, 1.82) is 0 Å². The lowest BCUT2D eigenvalue weighted by Crippen LogP contribution is -2.43. The number of nitrogens with one attached hydrogen (secondary N) is 1. The molecule has 172 valence electrons. The topological polar surface area (TPSA) is 128 Å². The molecule has 1 atom stereocenters. The molecule has 0 radical (unpaired) electrons. The van der Waals surface area contributed by atoms with Crippen LogP contribution in [0.1, 0.15) is 51.1 Å². The van der Waals surface area contributed by atoms with Gasteiger partial charge in [0.05, 0.1) is 10.6 Å². The fourth-order valence-corrected chi connectivity index (χ4v) is 4.09. The van der Waals surface area contributed by atoms with Gasteiger partial charge in [0.15, 0.2) is 0 Å². The molecule has 32 heavy (non-hydrogen) atoms. The molecule has 1 heterocycles. The van der Waals surface area contributed by atoms with E-state index in [2.05, 4.69) is 22.1 Å². The Balaban J connectivity index is 2.24. The molecule has 0 saturated carbocycles. The number of nitrogens with zero attached hydrogens (tertiary/aromatic N) is 2. The maximum atomic E-state index is 13.0. The monoisotopic (exact) mass is 461 g/mol. The number of carboxylic acid groups (broad SMARTS) is 1. The van der Waals surface area contributed by atoms with E-state index >= 15 is 0 Å². The minimum Gasteiger partial charge on any atom is -0.480 e. The molecule has 0 spiro atoms. The number of benzene rings is 1. The van der Waals surface area contributed by atoms with Crippen molar-refractivity contribution in [3.63, 3.8) is 0 Å². The highest BCUT2D eigenvalue weighted by molar-refractivity contribution is 7.90. The zero-order valence-corrected chi connectivity index (χ0v) is 19.5. The second-order valence-corrected chi connectivity index (χ2v) is 9.87. The molecule has 0 aliphatic heterocycles. The molecule has 9 nitrogen and oxygen atoms in total. The first-order chi connectivity index (χ1) is 14.8. The zero-order chi connectivity index (χ0) is 24.1. The third-order valence-corrected chi connectivity index (χ3v) is 5.95. The summed E-state index contributed by atoms with van der Waals surface area (Å²) in [6.07, 6.45) is 0.448. The van der Waals surface area contributed by atoms with Crippen LogP contribution in [0, 0.1) is 18.8 Å². The van der Waals surface area contributed by atoms with E-state index in [-0.39, 0.29) is 17.0 Å². The van der Waals surface area contributed by atoms with Gasteiger partial charge in [-0.1, -0.05) is 30.5 Å². The van der Waals surface area contributed by atoms with Crippen molar-refractivity contribution in [1.82, 2.24) is 14.3 Å². The van der Waals surface area contributed by atoms with Crippen LogP contribution in [0.5, 0.6) is 0 Å². The number of carbonyl (C=O) groups excluding carboxylic acids is 1. The molecule has 1 aromatic heterocycles. The largest absolute Gasteiger partial charge is 0.480 e. The van der Waals surface area contributed by atoms with Gasteiger partial charge in [0, 0.05) is 6.42 Å². The second kappa shape index (κ2) is 9.87. The number of aliphatic carboxylic acids is 1. The van der Waals surface area contributed by atoms with Gasteiger partial charge in [-0.05, 0) is 52.2 Å². The molecular weight excluding hydrogens is 434 g/mol. The van der Waals surface area contributed by atoms with Crippen LogP contribution >= 0.6 is 0 Å². The van der Waals surface area contributed by atoms with E-state index in [9.17, 15) is 23.1 Å². The van der Waals surface area contributed by atoms with Gasteiger partial charge in [0.2, 0.25) is 0 Å². The Morgan fingerprint density at radius 2 is 1.88 bits per heavy atom. The molecule has 0 aliphatic carbocycles. The molecule has 2 rings (SSSR count). The predicted molar refractivity (Wildman–Crippen MR) is 118 cm³/mol.